The molecule has 0 atom stereocenters. The van der Waals surface area contributed by atoms with E-state index in [9.17, 15) is 9.59 Å². The van der Waals surface area contributed by atoms with E-state index in [0.717, 1.165) is 5.56 Å². The number of amides is 2. The Hall–Kier alpha value is -2.56. The maximum Gasteiger partial charge on any atom is 0.410 e. The number of carbonyl (C=O) groups is 2. The van der Waals surface area contributed by atoms with Crippen LogP contribution in [0.25, 0.3) is 6.08 Å². The van der Waals surface area contributed by atoms with Crippen LogP contribution in [0.5, 0.6) is 0 Å². The minimum Gasteiger partial charge on any atom is -0.447 e. The van der Waals surface area contributed by atoms with Crippen molar-refractivity contribution in [2.45, 2.75) is 26.9 Å². The molecule has 0 saturated carbocycles. The van der Waals surface area contributed by atoms with Crippen LogP contribution in [0.2, 0.25) is 0 Å². The molecule has 0 spiro atoms. The van der Waals surface area contributed by atoms with E-state index >= 15 is 0 Å². The van der Waals surface area contributed by atoms with Gasteiger partial charge in [-0.05, 0) is 26.3 Å². The average molecular weight is 342 g/mol. The van der Waals surface area contributed by atoms with E-state index in [1.807, 2.05) is 51.1 Å². The van der Waals surface area contributed by atoms with Crippen LogP contribution in [0.15, 0.2) is 42.5 Å². The molecular formula is C20H26N2O3. The summed E-state index contributed by atoms with van der Waals surface area (Å²) >= 11 is 0. The van der Waals surface area contributed by atoms with Gasteiger partial charge in [0.1, 0.15) is 0 Å². The summed E-state index contributed by atoms with van der Waals surface area (Å²) in [6, 6.07) is 8.16. The Labute approximate surface area is 149 Å². The van der Waals surface area contributed by atoms with Crippen molar-refractivity contribution >= 4 is 18.1 Å². The fourth-order valence-corrected chi connectivity index (χ4v) is 2.57. The van der Waals surface area contributed by atoms with Crippen LogP contribution in [0.4, 0.5) is 4.79 Å². The average Bonchev–Trinajstić information content (AvgIpc) is 2.58. The van der Waals surface area contributed by atoms with Crippen molar-refractivity contribution in [3.63, 3.8) is 0 Å². The number of carbonyl (C=O) groups excluding carboxylic acids is 2. The van der Waals surface area contributed by atoms with E-state index < -0.39 is 0 Å². The predicted molar refractivity (Wildman–Crippen MR) is 99.1 cm³/mol. The van der Waals surface area contributed by atoms with Gasteiger partial charge in [0.05, 0.1) is 6.10 Å². The Balaban J connectivity index is 1.79. The van der Waals surface area contributed by atoms with Crippen molar-refractivity contribution in [1.82, 2.24) is 9.80 Å². The molecular weight excluding hydrogens is 316 g/mol. The first-order chi connectivity index (χ1) is 12.0. The number of aryl methyl sites for hydroxylation is 1. The summed E-state index contributed by atoms with van der Waals surface area (Å²) in [6.45, 7) is 7.76. The zero-order valence-electron chi connectivity index (χ0n) is 15.1. The lowest BCUT2D eigenvalue weighted by Crippen LogP contribution is -2.50. The lowest BCUT2D eigenvalue weighted by Gasteiger charge is -2.33. The molecule has 5 heteroatoms. The number of ether oxygens (including phenoxy) is 1. The molecule has 1 aliphatic heterocycles. The summed E-state index contributed by atoms with van der Waals surface area (Å²) in [4.78, 5) is 27.4. The van der Waals surface area contributed by atoms with Crippen LogP contribution >= 0.6 is 0 Å². The Kier molecular flexibility index (Phi) is 6.81. The van der Waals surface area contributed by atoms with Crippen molar-refractivity contribution in [2.75, 3.05) is 26.2 Å². The molecule has 1 heterocycles. The maximum absolute atomic E-state index is 12.2. The van der Waals surface area contributed by atoms with Crippen molar-refractivity contribution in [3.8, 4) is 0 Å². The molecule has 2 rings (SSSR count). The van der Waals surface area contributed by atoms with Gasteiger partial charge in [0, 0.05) is 32.3 Å². The van der Waals surface area contributed by atoms with Crippen LogP contribution in [-0.2, 0) is 9.53 Å². The summed E-state index contributed by atoms with van der Waals surface area (Å²) in [5, 5.41) is 0. The minimum atomic E-state index is -0.307. The molecule has 0 bridgehead atoms. The van der Waals surface area contributed by atoms with E-state index in [4.69, 9.17) is 4.74 Å². The highest BCUT2D eigenvalue weighted by molar-refractivity contribution is 5.88. The van der Waals surface area contributed by atoms with Crippen molar-refractivity contribution in [3.05, 3.63) is 53.6 Å². The highest BCUT2D eigenvalue weighted by Crippen LogP contribution is 2.07. The molecule has 5 nitrogen and oxygen atoms in total. The third-order valence-electron chi connectivity index (χ3n) is 3.87. The van der Waals surface area contributed by atoms with E-state index in [2.05, 4.69) is 6.07 Å². The second-order valence-electron chi connectivity index (χ2n) is 6.38. The predicted octanol–water partition coefficient (Wildman–Crippen LogP) is 3.25. The number of nitrogens with zero attached hydrogens (tertiary/aromatic N) is 2. The minimum absolute atomic E-state index is 0.0363. The third kappa shape index (κ3) is 6.10. The number of piperazine rings is 1. The van der Waals surface area contributed by atoms with Gasteiger partial charge in [0.25, 0.3) is 0 Å². The van der Waals surface area contributed by atoms with Gasteiger partial charge in [-0.15, -0.1) is 0 Å². The summed E-state index contributed by atoms with van der Waals surface area (Å²) in [5.41, 5.74) is 2.31. The van der Waals surface area contributed by atoms with Crippen molar-refractivity contribution < 1.29 is 14.3 Å². The highest BCUT2D eigenvalue weighted by atomic mass is 16.6. The first kappa shape index (κ1) is 18.8. The van der Waals surface area contributed by atoms with Gasteiger partial charge < -0.3 is 14.5 Å². The summed E-state index contributed by atoms with van der Waals surface area (Å²) < 4.78 is 5.18. The van der Waals surface area contributed by atoms with Crippen LogP contribution < -0.4 is 0 Å². The molecule has 1 aliphatic rings. The van der Waals surface area contributed by atoms with Gasteiger partial charge >= 0.3 is 6.09 Å². The Morgan fingerprint density at radius 3 is 2.40 bits per heavy atom. The molecule has 134 valence electrons. The molecule has 1 saturated heterocycles. The lowest BCUT2D eigenvalue weighted by atomic mass is 10.1. The number of rotatable bonds is 4. The first-order valence-electron chi connectivity index (χ1n) is 8.61. The summed E-state index contributed by atoms with van der Waals surface area (Å²) in [5.74, 6) is -0.0363. The van der Waals surface area contributed by atoms with Gasteiger partial charge in [-0.1, -0.05) is 48.1 Å². The fourth-order valence-electron chi connectivity index (χ4n) is 2.57. The molecule has 1 aromatic carbocycles. The normalized spacial score (nSPS) is 15.4. The molecule has 0 radical (unpaired) electrons. The molecule has 0 aliphatic carbocycles. The van der Waals surface area contributed by atoms with Crippen LogP contribution in [0.3, 0.4) is 0 Å². The first-order valence-corrected chi connectivity index (χ1v) is 8.61. The molecule has 1 aromatic rings. The van der Waals surface area contributed by atoms with Crippen LogP contribution in [0.1, 0.15) is 25.0 Å². The lowest BCUT2D eigenvalue weighted by molar-refractivity contribution is -0.127. The van der Waals surface area contributed by atoms with E-state index in [1.54, 1.807) is 22.0 Å². The Bertz CT molecular complexity index is 657. The summed E-state index contributed by atoms with van der Waals surface area (Å²) in [6.07, 6.45) is 6.71. The molecule has 25 heavy (non-hydrogen) atoms. The van der Waals surface area contributed by atoms with Gasteiger partial charge in [-0.25, -0.2) is 4.79 Å². The van der Waals surface area contributed by atoms with Crippen LogP contribution in [-0.4, -0.2) is 54.1 Å². The molecule has 0 aromatic heterocycles. The maximum atomic E-state index is 12.2. The zero-order valence-corrected chi connectivity index (χ0v) is 15.1. The second-order valence-corrected chi connectivity index (χ2v) is 6.38. The molecule has 2 amide bonds. The smallest absolute Gasteiger partial charge is 0.410 e. The summed E-state index contributed by atoms with van der Waals surface area (Å²) in [7, 11) is 0. The van der Waals surface area contributed by atoms with Crippen molar-refractivity contribution in [2.24, 2.45) is 0 Å². The largest absolute Gasteiger partial charge is 0.447 e. The van der Waals surface area contributed by atoms with Gasteiger partial charge in [-0.2, -0.15) is 0 Å². The zero-order chi connectivity index (χ0) is 18.2. The Morgan fingerprint density at radius 1 is 1.08 bits per heavy atom. The molecule has 0 N–H and O–H groups in total. The standard InChI is InChI=1S/C20H26N2O3/c1-16(2)25-20(24)22-13-11-21(12-14-22)19(23)10-5-4-8-18-9-6-7-17(3)15-18/h4-10,15-16H,11-14H2,1-3H3/b8-4+,10-5+. The second kappa shape index (κ2) is 9.06. The van der Waals surface area contributed by atoms with Crippen LogP contribution in [0, 0.1) is 6.92 Å². The third-order valence-corrected chi connectivity index (χ3v) is 3.87. The fraction of sp³-hybridized carbons (Fsp3) is 0.400. The monoisotopic (exact) mass is 342 g/mol. The molecule has 1 fully saturated rings. The number of benzene rings is 1. The van der Waals surface area contributed by atoms with Crippen molar-refractivity contribution in [1.29, 1.82) is 0 Å². The quantitative estimate of drug-likeness (QED) is 0.623. The highest BCUT2D eigenvalue weighted by Gasteiger charge is 2.24. The van der Waals surface area contributed by atoms with Gasteiger partial charge in [0.15, 0.2) is 0 Å². The topological polar surface area (TPSA) is 49.9 Å². The number of hydrogen-bond acceptors (Lipinski definition) is 3. The number of hydrogen-bond donors (Lipinski definition) is 0. The van der Waals surface area contributed by atoms with Gasteiger partial charge in [-0.3, -0.25) is 4.79 Å². The number of allylic oxidation sites excluding steroid dienone is 2. The van der Waals surface area contributed by atoms with Gasteiger partial charge in [0.2, 0.25) is 5.91 Å². The Morgan fingerprint density at radius 2 is 1.76 bits per heavy atom. The SMILES string of the molecule is Cc1cccc(/C=C/C=C/C(=O)N2CCN(C(=O)OC(C)C)CC2)c1. The van der Waals surface area contributed by atoms with E-state index in [0.29, 0.717) is 26.2 Å². The van der Waals surface area contributed by atoms with E-state index in [1.165, 1.54) is 5.56 Å². The molecule has 0 unspecified atom stereocenters. The van der Waals surface area contributed by atoms with E-state index in [-0.39, 0.29) is 18.1 Å².